The molecule has 0 radical (unpaired) electrons. The molecule has 0 bridgehead atoms. The van der Waals surface area contributed by atoms with Gasteiger partial charge in [-0.15, -0.1) is 25.3 Å². The zero-order valence-corrected chi connectivity index (χ0v) is 19.0. The summed E-state index contributed by atoms with van der Waals surface area (Å²) < 4.78 is 0. The molecule has 0 aromatic heterocycles. The summed E-state index contributed by atoms with van der Waals surface area (Å²) >= 11 is 9.24. The molecule has 162 valence electrons. The van der Waals surface area contributed by atoms with E-state index in [-0.39, 0.29) is 23.6 Å². The molecule has 4 rings (SSSR count). The number of nitrogens with one attached hydrogen (secondary N) is 2. The van der Waals surface area contributed by atoms with E-state index in [1.54, 1.807) is 24.3 Å². The Labute approximate surface area is 198 Å². The lowest BCUT2D eigenvalue weighted by molar-refractivity contribution is 0.473. The van der Waals surface area contributed by atoms with E-state index in [2.05, 4.69) is 35.9 Å². The van der Waals surface area contributed by atoms with Crippen LogP contribution in [0.2, 0.25) is 0 Å². The molecule has 4 nitrogen and oxygen atoms in total. The lowest BCUT2D eigenvalue weighted by Crippen LogP contribution is -2.26. The number of hydrogen-bond acceptors (Lipinski definition) is 6. The zero-order valence-electron chi connectivity index (χ0n) is 17.2. The van der Waals surface area contributed by atoms with Crippen molar-refractivity contribution < 1.29 is 10.2 Å². The second-order valence-corrected chi connectivity index (χ2v) is 8.42. The third-order valence-corrected chi connectivity index (χ3v) is 6.05. The molecule has 32 heavy (non-hydrogen) atoms. The maximum Gasteiger partial charge on any atom is 0.115 e. The Kier molecular flexibility index (Phi) is 6.83. The number of benzene rings is 4. The minimum absolute atomic E-state index is 0.206. The second kappa shape index (κ2) is 9.94. The van der Waals surface area contributed by atoms with Crippen molar-refractivity contribution in [2.45, 2.75) is 21.9 Å². The van der Waals surface area contributed by atoms with Crippen LogP contribution in [0.4, 0.5) is 11.4 Å². The second-order valence-electron chi connectivity index (χ2n) is 7.46. The number of anilines is 2. The van der Waals surface area contributed by atoms with Crippen molar-refractivity contribution in [2.24, 2.45) is 0 Å². The van der Waals surface area contributed by atoms with Gasteiger partial charge in [0.25, 0.3) is 0 Å². The molecule has 4 aromatic rings. The molecule has 0 saturated carbocycles. The van der Waals surface area contributed by atoms with Crippen LogP contribution in [0, 0.1) is 0 Å². The minimum atomic E-state index is -0.235. The number of para-hydroxylation sites is 2. The molecule has 0 saturated heterocycles. The molecule has 0 spiro atoms. The molecule has 2 atom stereocenters. The van der Waals surface area contributed by atoms with Gasteiger partial charge in [0.1, 0.15) is 11.5 Å². The molecule has 2 unspecified atom stereocenters. The van der Waals surface area contributed by atoms with Gasteiger partial charge in [-0.1, -0.05) is 48.5 Å². The maximum atomic E-state index is 9.84. The summed E-state index contributed by atoms with van der Waals surface area (Å²) in [6.07, 6.45) is 0. The zero-order chi connectivity index (χ0) is 22.5. The summed E-state index contributed by atoms with van der Waals surface area (Å²) in [5.41, 5.74) is 3.72. The van der Waals surface area contributed by atoms with Crippen LogP contribution in [-0.4, -0.2) is 10.2 Å². The Hall–Kier alpha value is -3.22. The maximum absolute atomic E-state index is 9.84. The number of rotatable bonds is 7. The van der Waals surface area contributed by atoms with Gasteiger partial charge in [-0.25, -0.2) is 0 Å². The Balaban J connectivity index is 1.82. The van der Waals surface area contributed by atoms with Gasteiger partial charge in [0.15, 0.2) is 0 Å². The highest BCUT2D eigenvalue weighted by Gasteiger charge is 2.26. The van der Waals surface area contributed by atoms with E-state index >= 15 is 0 Å². The molecule has 0 amide bonds. The lowest BCUT2D eigenvalue weighted by atomic mass is 9.92. The fourth-order valence-electron chi connectivity index (χ4n) is 3.61. The monoisotopic (exact) mass is 460 g/mol. The fraction of sp³-hybridized carbons (Fsp3) is 0.0769. The first-order valence-corrected chi connectivity index (χ1v) is 11.1. The van der Waals surface area contributed by atoms with Crippen LogP contribution in [0.1, 0.15) is 23.2 Å². The summed E-state index contributed by atoms with van der Waals surface area (Å²) in [5, 5.41) is 26.9. The molecule has 0 aliphatic carbocycles. The van der Waals surface area contributed by atoms with E-state index < -0.39 is 0 Å². The normalized spacial score (nSPS) is 12.7. The van der Waals surface area contributed by atoms with Gasteiger partial charge in [0.2, 0.25) is 0 Å². The molecule has 4 N–H and O–H groups in total. The van der Waals surface area contributed by atoms with Crippen LogP contribution in [0.15, 0.2) is 107 Å². The molecule has 0 aliphatic rings. The van der Waals surface area contributed by atoms with Gasteiger partial charge >= 0.3 is 0 Å². The van der Waals surface area contributed by atoms with Crippen LogP contribution in [0.25, 0.3) is 0 Å². The van der Waals surface area contributed by atoms with Crippen molar-refractivity contribution in [1.82, 2.24) is 0 Å². The van der Waals surface area contributed by atoms with Crippen molar-refractivity contribution in [3.8, 4) is 11.5 Å². The Morgan fingerprint density at radius 1 is 0.500 bits per heavy atom. The van der Waals surface area contributed by atoms with Crippen LogP contribution in [-0.2, 0) is 0 Å². The molecular weight excluding hydrogens is 436 g/mol. The Bertz CT molecular complexity index is 1090. The van der Waals surface area contributed by atoms with Gasteiger partial charge in [-0.05, 0) is 59.7 Å². The van der Waals surface area contributed by atoms with E-state index in [4.69, 9.17) is 0 Å². The van der Waals surface area contributed by atoms with Crippen LogP contribution in [0.5, 0.6) is 11.5 Å². The highest BCUT2D eigenvalue weighted by molar-refractivity contribution is 7.80. The summed E-state index contributed by atoms with van der Waals surface area (Å²) in [7, 11) is 0. The topological polar surface area (TPSA) is 64.5 Å². The van der Waals surface area contributed by atoms with Crippen LogP contribution >= 0.6 is 25.3 Å². The smallest absolute Gasteiger partial charge is 0.115 e. The third-order valence-electron chi connectivity index (χ3n) is 5.27. The summed E-state index contributed by atoms with van der Waals surface area (Å²) in [6.45, 7) is 0. The summed E-state index contributed by atoms with van der Waals surface area (Å²) in [6, 6.07) is 29.5. The number of phenolic OH excluding ortho intramolecular Hbond substituents is 2. The van der Waals surface area contributed by atoms with Crippen molar-refractivity contribution in [1.29, 1.82) is 0 Å². The van der Waals surface area contributed by atoms with Crippen molar-refractivity contribution in [2.75, 3.05) is 10.6 Å². The van der Waals surface area contributed by atoms with Crippen molar-refractivity contribution in [3.63, 3.8) is 0 Å². The number of aromatic hydroxyl groups is 2. The first-order valence-electron chi connectivity index (χ1n) is 10.2. The van der Waals surface area contributed by atoms with Crippen LogP contribution < -0.4 is 10.6 Å². The highest BCUT2D eigenvalue weighted by Crippen LogP contribution is 2.38. The first kappa shape index (κ1) is 22.0. The van der Waals surface area contributed by atoms with E-state index in [9.17, 15) is 10.2 Å². The standard InChI is InChI=1S/C26H24N2O2S2/c29-19-13-9-17(10-14-19)25(27-21-5-1-3-7-23(21)31)26(18-11-15-20(30)16-12-18)28-22-6-2-4-8-24(22)32/h1-16,25-32H. The molecule has 0 aliphatic heterocycles. The predicted molar refractivity (Wildman–Crippen MR) is 136 cm³/mol. The number of thiol groups is 2. The van der Waals surface area contributed by atoms with E-state index in [1.807, 2.05) is 72.8 Å². The highest BCUT2D eigenvalue weighted by atomic mass is 32.1. The van der Waals surface area contributed by atoms with Gasteiger partial charge < -0.3 is 20.8 Å². The molecule has 0 heterocycles. The summed E-state index contributed by atoms with van der Waals surface area (Å²) in [5.74, 6) is 0.411. The van der Waals surface area contributed by atoms with Gasteiger partial charge in [-0.2, -0.15) is 0 Å². The van der Waals surface area contributed by atoms with Crippen LogP contribution in [0.3, 0.4) is 0 Å². The minimum Gasteiger partial charge on any atom is -0.508 e. The number of phenols is 2. The summed E-state index contributed by atoms with van der Waals surface area (Å²) in [4.78, 5) is 1.66. The predicted octanol–water partition coefficient (Wildman–Crippen LogP) is 6.68. The van der Waals surface area contributed by atoms with Crippen molar-refractivity contribution >= 4 is 36.6 Å². The van der Waals surface area contributed by atoms with Crippen molar-refractivity contribution in [3.05, 3.63) is 108 Å². The first-order chi connectivity index (χ1) is 15.5. The molecule has 4 aromatic carbocycles. The Morgan fingerprint density at radius 2 is 0.844 bits per heavy atom. The fourth-order valence-corrected chi connectivity index (χ4v) is 4.06. The van der Waals surface area contributed by atoms with E-state index in [1.165, 1.54) is 0 Å². The SMILES string of the molecule is Oc1ccc(C(Nc2ccccc2S)C(Nc2ccccc2S)c2ccc(O)cc2)cc1. The van der Waals surface area contributed by atoms with Gasteiger partial charge in [0.05, 0.1) is 12.1 Å². The molecule has 0 fully saturated rings. The Morgan fingerprint density at radius 3 is 1.19 bits per heavy atom. The third kappa shape index (κ3) is 5.15. The van der Waals surface area contributed by atoms with E-state index in [0.29, 0.717) is 0 Å². The number of hydrogen-bond donors (Lipinski definition) is 6. The molecular formula is C26H24N2O2S2. The lowest BCUT2D eigenvalue weighted by Gasteiger charge is -2.32. The average Bonchev–Trinajstić information content (AvgIpc) is 2.80. The van der Waals surface area contributed by atoms with E-state index in [0.717, 1.165) is 32.3 Å². The molecule has 6 heteroatoms. The van der Waals surface area contributed by atoms with Gasteiger partial charge in [-0.3, -0.25) is 0 Å². The van der Waals surface area contributed by atoms with Gasteiger partial charge in [0, 0.05) is 21.2 Å². The largest absolute Gasteiger partial charge is 0.508 e. The quantitative estimate of drug-likeness (QED) is 0.174. The average molecular weight is 461 g/mol.